The van der Waals surface area contributed by atoms with Crippen LogP contribution in [-0.4, -0.2) is 37.0 Å². The van der Waals surface area contributed by atoms with Crippen molar-refractivity contribution in [3.8, 4) is 11.4 Å². The number of aromatic nitrogens is 4. The fourth-order valence-electron chi connectivity index (χ4n) is 1.94. The van der Waals surface area contributed by atoms with E-state index in [1.165, 1.54) is 30.0 Å². The van der Waals surface area contributed by atoms with E-state index in [-0.39, 0.29) is 23.1 Å². The molecular weight excluding hydrogens is 430 g/mol. The van der Waals surface area contributed by atoms with Crippen LogP contribution in [0.15, 0.2) is 52.1 Å². The number of benzene rings is 2. The van der Waals surface area contributed by atoms with Crippen LogP contribution in [0.3, 0.4) is 0 Å². The molecule has 0 fully saturated rings. The first-order valence-electron chi connectivity index (χ1n) is 6.98. The number of amides is 1. The van der Waals surface area contributed by atoms with Crippen LogP contribution >= 0.6 is 39.3 Å². The summed E-state index contributed by atoms with van der Waals surface area (Å²) in [5.41, 5.74) is 1.04. The van der Waals surface area contributed by atoms with E-state index in [4.69, 9.17) is 11.6 Å². The average molecular weight is 441 g/mol. The quantitative estimate of drug-likeness (QED) is 0.466. The largest absolute Gasteiger partial charge is 0.506 e. The lowest BCUT2D eigenvalue weighted by Gasteiger charge is -2.08. The lowest BCUT2D eigenvalue weighted by Crippen LogP contribution is -2.14. The van der Waals surface area contributed by atoms with Crippen molar-refractivity contribution < 1.29 is 9.90 Å². The van der Waals surface area contributed by atoms with Crippen LogP contribution in [0.25, 0.3) is 5.69 Å². The zero-order valence-electron chi connectivity index (χ0n) is 12.6. The van der Waals surface area contributed by atoms with Crippen LogP contribution in [0.5, 0.6) is 5.75 Å². The molecule has 7 nitrogen and oxygen atoms in total. The fourth-order valence-corrected chi connectivity index (χ4v) is 3.07. The molecule has 0 aliphatic heterocycles. The maximum Gasteiger partial charge on any atom is 0.234 e. The van der Waals surface area contributed by atoms with E-state index in [0.29, 0.717) is 10.2 Å². The Kier molecular flexibility index (Phi) is 5.57. The molecule has 25 heavy (non-hydrogen) atoms. The molecule has 0 saturated carbocycles. The molecule has 1 amide bonds. The van der Waals surface area contributed by atoms with Gasteiger partial charge in [-0.15, -0.1) is 5.10 Å². The normalized spacial score (nSPS) is 10.6. The van der Waals surface area contributed by atoms with Crippen LogP contribution in [0.2, 0.25) is 5.02 Å². The lowest BCUT2D eigenvalue weighted by molar-refractivity contribution is -0.113. The molecule has 0 unspecified atom stereocenters. The Hall–Kier alpha value is -2.10. The molecule has 3 rings (SSSR count). The summed E-state index contributed by atoms with van der Waals surface area (Å²) in [5, 5.41) is 24.7. The van der Waals surface area contributed by atoms with Crippen LogP contribution < -0.4 is 5.32 Å². The Morgan fingerprint density at radius 3 is 2.80 bits per heavy atom. The van der Waals surface area contributed by atoms with Crippen molar-refractivity contribution in [1.29, 1.82) is 0 Å². The van der Waals surface area contributed by atoms with Crippen molar-refractivity contribution in [2.24, 2.45) is 0 Å². The van der Waals surface area contributed by atoms with Gasteiger partial charge in [-0.05, 0) is 52.9 Å². The number of nitrogens with zero attached hydrogens (tertiary/aromatic N) is 4. The fraction of sp³-hybridized carbons (Fsp3) is 0.0667. The zero-order chi connectivity index (χ0) is 17.8. The van der Waals surface area contributed by atoms with E-state index in [1.54, 1.807) is 4.68 Å². The molecule has 0 radical (unpaired) electrons. The number of halogens is 2. The number of tetrazole rings is 1. The highest BCUT2D eigenvalue weighted by Crippen LogP contribution is 2.27. The first kappa shape index (κ1) is 17.7. The maximum atomic E-state index is 12.1. The van der Waals surface area contributed by atoms with Gasteiger partial charge in [-0.2, -0.15) is 4.68 Å². The van der Waals surface area contributed by atoms with Gasteiger partial charge in [-0.1, -0.05) is 39.3 Å². The molecule has 3 aromatic rings. The van der Waals surface area contributed by atoms with Crippen molar-refractivity contribution in [2.45, 2.75) is 5.16 Å². The molecule has 0 spiro atoms. The average Bonchev–Trinajstić information content (AvgIpc) is 3.05. The molecule has 0 bridgehead atoms. The van der Waals surface area contributed by atoms with Gasteiger partial charge in [0, 0.05) is 9.50 Å². The summed E-state index contributed by atoms with van der Waals surface area (Å²) in [6.07, 6.45) is 0. The van der Waals surface area contributed by atoms with Crippen molar-refractivity contribution in [1.82, 2.24) is 20.2 Å². The second-order valence-electron chi connectivity index (χ2n) is 4.85. The van der Waals surface area contributed by atoms with E-state index >= 15 is 0 Å². The van der Waals surface area contributed by atoms with Crippen LogP contribution in [-0.2, 0) is 4.79 Å². The standard InChI is InChI=1S/C15H11BrClN5O2S/c16-9-1-4-11(5-2-9)22-15(19-20-21-22)25-8-14(24)18-12-7-10(17)3-6-13(12)23/h1-7,23H,8H2,(H,18,24). The second kappa shape index (κ2) is 7.85. The van der Waals surface area contributed by atoms with Gasteiger partial charge in [-0.3, -0.25) is 4.79 Å². The molecule has 0 atom stereocenters. The van der Waals surface area contributed by atoms with Crippen molar-refractivity contribution in [3.63, 3.8) is 0 Å². The topological polar surface area (TPSA) is 92.9 Å². The summed E-state index contributed by atoms with van der Waals surface area (Å²) in [4.78, 5) is 12.1. The molecule has 2 N–H and O–H groups in total. The number of phenols is 1. The van der Waals surface area contributed by atoms with Crippen molar-refractivity contribution >= 4 is 50.9 Å². The lowest BCUT2D eigenvalue weighted by atomic mass is 10.3. The van der Waals surface area contributed by atoms with E-state index < -0.39 is 0 Å². The minimum Gasteiger partial charge on any atom is -0.506 e. The number of carbonyl (C=O) groups is 1. The molecule has 2 aromatic carbocycles. The Morgan fingerprint density at radius 1 is 1.28 bits per heavy atom. The van der Waals surface area contributed by atoms with Gasteiger partial charge in [0.1, 0.15) is 5.75 Å². The number of anilines is 1. The number of phenolic OH excluding ortho intramolecular Hbond substituents is 1. The number of hydrogen-bond donors (Lipinski definition) is 2. The molecule has 0 saturated heterocycles. The number of nitrogens with one attached hydrogen (secondary N) is 1. The number of thioether (sulfide) groups is 1. The molecule has 10 heteroatoms. The van der Waals surface area contributed by atoms with E-state index in [1.807, 2.05) is 24.3 Å². The Morgan fingerprint density at radius 2 is 2.04 bits per heavy atom. The SMILES string of the molecule is O=C(CSc1nnnn1-c1ccc(Br)cc1)Nc1cc(Cl)ccc1O. The summed E-state index contributed by atoms with van der Waals surface area (Å²) in [6, 6.07) is 11.9. The summed E-state index contributed by atoms with van der Waals surface area (Å²) in [5.74, 6) is -0.293. The van der Waals surface area contributed by atoms with E-state index in [9.17, 15) is 9.90 Å². The first-order chi connectivity index (χ1) is 12.0. The smallest absolute Gasteiger partial charge is 0.234 e. The van der Waals surface area contributed by atoms with Crippen molar-refractivity contribution in [3.05, 3.63) is 52.0 Å². The monoisotopic (exact) mass is 439 g/mol. The number of carbonyl (C=O) groups excluding carboxylic acids is 1. The Balaban J connectivity index is 1.66. The Bertz CT molecular complexity index is 903. The maximum absolute atomic E-state index is 12.1. The molecular formula is C15H11BrClN5O2S. The summed E-state index contributed by atoms with van der Waals surface area (Å²) in [6.45, 7) is 0. The molecule has 0 aliphatic carbocycles. The Labute approximate surface area is 160 Å². The van der Waals surface area contributed by atoms with Gasteiger partial charge >= 0.3 is 0 Å². The number of hydrogen-bond acceptors (Lipinski definition) is 6. The van der Waals surface area contributed by atoms with E-state index in [0.717, 1.165) is 10.2 Å². The molecule has 128 valence electrons. The number of aromatic hydroxyl groups is 1. The molecule has 1 aromatic heterocycles. The van der Waals surface area contributed by atoms with Gasteiger partial charge in [0.15, 0.2) is 0 Å². The van der Waals surface area contributed by atoms with Crippen LogP contribution in [0, 0.1) is 0 Å². The molecule has 1 heterocycles. The van der Waals surface area contributed by atoms with Crippen molar-refractivity contribution in [2.75, 3.05) is 11.1 Å². The third kappa shape index (κ3) is 4.50. The highest BCUT2D eigenvalue weighted by Gasteiger charge is 2.13. The number of rotatable bonds is 5. The third-order valence-electron chi connectivity index (χ3n) is 3.08. The minimum absolute atomic E-state index is 0.0533. The molecule has 0 aliphatic rings. The highest BCUT2D eigenvalue weighted by atomic mass is 79.9. The van der Waals surface area contributed by atoms with Gasteiger partial charge in [0.05, 0.1) is 17.1 Å². The first-order valence-corrected chi connectivity index (χ1v) is 9.14. The van der Waals surface area contributed by atoms with Crippen LogP contribution in [0.4, 0.5) is 5.69 Å². The highest BCUT2D eigenvalue weighted by molar-refractivity contribution is 9.10. The van der Waals surface area contributed by atoms with Gasteiger partial charge < -0.3 is 10.4 Å². The third-order valence-corrected chi connectivity index (χ3v) is 4.76. The van der Waals surface area contributed by atoms with Gasteiger partial charge in [-0.25, -0.2) is 0 Å². The zero-order valence-corrected chi connectivity index (χ0v) is 15.7. The van der Waals surface area contributed by atoms with Gasteiger partial charge in [0.2, 0.25) is 11.1 Å². The predicted molar refractivity (Wildman–Crippen MR) is 99.3 cm³/mol. The van der Waals surface area contributed by atoms with E-state index in [2.05, 4.69) is 36.8 Å². The summed E-state index contributed by atoms with van der Waals surface area (Å²) in [7, 11) is 0. The minimum atomic E-state index is -0.312. The predicted octanol–water partition coefficient (Wildman–Crippen LogP) is 3.51. The van der Waals surface area contributed by atoms with Gasteiger partial charge in [0.25, 0.3) is 0 Å². The van der Waals surface area contributed by atoms with Crippen LogP contribution in [0.1, 0.15) is 0 Å². The summed E-state index contributed by atoms with van der Waals surface area (Å²) < 4.78 is 2.49. The second-order valence-corrected chi connectivity index (χ2v) is 7.14. The summed E-state index contributed by atoms with van der Waals surface area (Å²) >= 11 is 10.4.